The van der Waals surface area contributed by atoms with Gasteiger partial charge in [0.25, 0.3) is 0 Å². The van der Waals surface area contributed by atoms with E-state index in [2.05, 4.69) is 41.6 Å². The number of nitrogens with zero attached hydrogens (tertiary/aromatic N) is 4. The number of rotatable bonds is 7. The molecule has 2 heterocycles. The van der Waals surface area contributed by atoms with Crippen LogP contribution in [-0.2, 0) is 4.79 Å². The topological polar surface area (TPSA) is 91.7 Å². The highest BCUT2D eigenvalue weighted by Gasteiger charge is 2.19. The maximum absolute atomic E-state index is 14.3. The molecule has 10 heteroatoms. The van der Waals surface area contributed by atoms with Gasteiger partial charge in [0.15, 0.2) is 5.82 Å². The summed E-state index contributed by atoms with van der Waals surface area (Å²) < 4.78 is 20.8. The number of likely N-dealkylation sites (N-methyl/N-ethyl adjacent to an activating group) is 1. The minimum Gasteiger partial charge on any atom is -0.492 e. The number of fused-ring (bicyclic) bond motifs is 1. The molecule has 4 rings (SSSR count). The fourth-order valence-electron chi connectivity index (χ4n) is 3.41. The minimum atomic E-state index is -0.430. The van der Waals surface area contributed by atoms with Crippen molar-refractivity contribution in [1.29, 1.82) is 0 Å². The van der Waals surface area contributed by atoms with Crippen LogP contribution in [0, 0.1) is 5.82 Å². The van der Waals surface area contributed by atoms with Crippen LogP contribution in [0.25, 0.3) is 10.9 Å². The SMILES string of the molecule is CC(=O)NCCOc1cc(Nc2ncc3cc(Br)cc(F)c3n2)cc(C2C=NN(C)C2)c1. The number of hydrazone groups is 1. The number of hydrogen-bond donors (Lipinski definition) is 2. The minimum absolute atomic E-state index is 0.103. The van der Waals surface area contributed by atoms with Crippen molar-refractivity contribution in [3.05, 3.63) is 52.4 Å². The molecule has 0 saturated heterocycles. The van der Waals surface area contributed by atoms with E-state index in [4.69, 9.17) is 4.74 Å². The third-order valence-electron chi connectivity index (χ3n) is 4.86. The molecule has 2 aromatic carbocycles. The van der Waals surface area contributed by atoms with Gasteiger partial charge < -0.3 is 15.4 Å². The average Bonchev–Trinajstić information content (AvgIpc) is 3.18. The molecule has 1 aromatic heterocycles. The summed E-state index contributed by atoms with van der Waals surface area (Å²) in [5, 5.41) is 12.6. The molecule has 1 amide bonds. The molecule has 2 N–H and O–H groups in total. The second kappa shape index (κ2) is 9.47. The monoisotopic (exact) mass is 500 g/mol. The van der Waals surface area contributed by atoms with Gasteiger partial charge in [-0.05, 0) is 29.8 Å². The van der Waals surface area contributed by atoms with Gasteiger partial charge in [0.1, 0.15) is 17.9 Å². The second-order valence-corrected chi connectivity index (χ2v) is 8.39. The normalized spacial score (nSPS) is 15.2. The Morgan fingerprint density at radius 1 is 1.31 bits per heavy atom. The third kappa shape index (κ3) is 5.31. The molecule has 32 heavy (non-hydrogen) atoms. The molecule has 3 aromatic rings. The fraction of sp³-hybridized carbons (Fsp3) is 0.273. The zero-order valence-electron chi connectivity index (χ0n) is 17.6. The first-order valence-electron chi connectivity index (χ1n) is 10.0. The van der Waals surface area contributed by atoms with Crippen molar-refractivity contribution in [2.45, 2.75) is 12.8 Å². The lowest BCUT2D eigenvalue weighted by atomic mass is 10.00. The molecular formula is C22H22BrFN6O2. The average molecular weight is 501 g/mol. The van der Waals surface area contributed by atoms with Crippen molar-refractivity contribution in [3.8, 4) is 5.75 Å². The van der Waals surface area contributed by atoms with Gasteiger partial charge in [0, 0.05) is 60.5 Å². The number of nitrogens with one attached hydrogen (secondary N) is 2. The highest BCUT2D eigenvalue weighted by Crippen LogP contribution is 2.30. The van der Waals surface area contributed by atoms with E-state index in [0.29, 0.717) is 34.4 Å². The second-order valence-electron chi connectivity index (χ2n) is 7.48. The van der Waals surface area contributed by atoms with Crippen molar-refractivity contribution in [2.75, 3.05) is 32.1 Å². The van der Waals surface area contributed by atoms with E-state index in [9.17, 15) is 9.18 Å². The number of anilines is 2. The van der Waals surface area contributed by atoms with Gasteiger partial charge in [-0.15, -0.1) is 0 Å². The van der Waals surface area contributed by atoms with Crippen LogP contribution in [0.3, 0.4) is 0 Å². The molecule has 0 aliphatic carbocycles. The molecule has 0 spiro atoms. The third-order valence-corrected chi connectivity index (χ3v) is 5.32. The first-order valence-corrected chi connectivity index (χ1v) is 10.8. The van der Waals surface area contributed by atoms with Gasteiger partial charge in [0.2, 0.25) is 11.9 Å². The summed E-state index contributed by atoms with van der Waals surface area (Å²) in [6.45, 7) is 2.94. The summed E-state index contributed by atoms with van der Waals surface area (Å²) in [6.07, 6.45) is 3.46. The van der Waals surface area contributed by atoms with Gasteiger partial charge in [-0.3, -0.25) is 9.80 Å². The first-order chi connectivity index (χ1) is 15.4. The lowest BCUT2D eigenvalue weighted by molar-refractivity contribution is -0.119. The summed E-state index contributed by atoms with van der Waals surface area (Å²) in [6, 6.07) is 8.88. The summed E-state index contributed by atoms with van der Waals surface area (Å²) in [5.74, 6) is 0.474. The summed E-state index contributed by atoms with van der Waals surface area (Å²) >= 11 is 3.28. The number of hydrogen-bond acceptors (Lipinski definition) is 7. The van der Waals surface area contributed by atoms with Crippen LogP contribution in [0.2, 0.25) is 0 Å². The molecule has 0 fully saturated rings. The molecule has 8 nitrogen and oxygen atoms in total. The van der Waals surface area contributed by atoms with E-state index in [0.717, 1.165) is 12.1 Å². The standard InChI is InChI=1S/C22H22BrFN6O2/c1-13(31)25-3-4-32-19-7-14(16-11-27-30(2)12-16)6-18(9-19)28-22-26-10-15-5-17(23)8-20(24)21(15)29-22/h5-11,16H,3-4,12H2,1-2H3,(H,25,31)(H,26,28,29). The van der Waals surface area contributed by atoms with Crippen LogP contribution < -0.4 is 15.4 Å². The molecule has 0 bridgehead atoms. The molecule has 0 radical (unpaired) electrons. The van der Waals surface area contributed by atoms with Crippen LogP contribution in [0.5, 0.6) is 5.75 Å². The molecule has 1 atom stereocenters. The molecule has 166 valence electrons. The van der Waals surface area contributed by atoms with Gasteiger partial charge in [-0.25, -0.2) is 14.4 Å². The van der Waals surface area contributed by atoms with E-state index < -0.39 is 5.82 Å². The summed E-state index contributed by atoms with van der Waals surface area (Å²) in [7, 11) is 1.92. The zero-order valence-corrected chi connectivity index (χ0v) is 19.2. The van der Waals surface area contributed by atoms with Crippen LogP contribution >= 0.6 is 15.9 Å². The Morgan fingerprint density at radius 3 is 2.91 bits per heavy atom. The number of carbonyl (C=O) groups excluding carboxylic acids is 1. The van der Waals surface area contributed by atoms with E-state index in [1.54, 1.807) is 12.3 Å². The van der Waals surface area contributed by atoms with E-state index in [1.807, 2.05) is 36.5 Å². The molecule has 1 aliphatic rings. The maximum Gasteiger partial charge on any atom is 0.227 e. The van der Waals surface area contributed by atoms with Gasteiger partial charge >= 0.3 is 0 Å². The van der Waals surface area contributed by atoms with Gasteiger partial charge in [-0.1, -0.05) is 15.9 Å². The van der Waals surface area contributed by atoms with Crippen LogP contribution in [-0.4, -0.2) is 53.8 Å². The Morgan fingerprint density at radius 2 is 2.16 bits per heavy atom. The van der Waals surface area contributed by atoms with Crippen molar-refractivity contribution in [3.63, 3.8) is 0 Å². The predicted molar refractivity (Wildman–Crippen MR) is 125 cm³/mol. The van der Waals surface area contributed by atoms with Gasteiger partial charge in [-0.2, -0.15) is 5.10 Å². The Balaban J connectivity index is 1.60. The summed E-state index contributed by atoms with van der Waals surface area (Å²) in [4.78, 5) is 19.7. The van der Waals surface area contributed by atoms with Crippen LogP contribution in [0.4, 0.5) is 16.0 Å². The van der Waals surface area contributed by atoms with E-state index in [-0.39, 0.29) is 23.3 Å². The van der Waals surface area contributed by atoms with Crippen molar-refractivity contribution in [2.24, 2.45) is 5.10 Å². The molecule has 1 unspecified atom stereocenters. The number of amides is 1. The largest absolute Gasteiger partial charge is 0.492 e. The smallest absolute Gasteiger partial charge is 0.227 e. The molecule has 1 aliphatic heterocycles. The fourth-order valence-corrected chi connectivity index (χ4v) is 3.86. The van der Waals surface area contributed by atoms with Crippen LogP contribution in [0.15, 0.2) is 46.1 Å². The van der Waals surface area contributed by atoms with Crippen molar-refractivity contribution < 1.29 is 13.9 Å². The Kier molecular flexibility index (Phi) is 6.50. The summed E-state index contributed by atoms with van der Waals surface area (Å²) in [5.41, 5.74) is 1.95. The van der Waals surface area contributed by atoms with Gasteiger partial charge in [0.05, 0.1) is 6.54 Å². The Hall–Kier alpha value is -3.27. The number of halogens is 2. The number of aromatic nitrogens is 2. The van der Waals surface area contributed by atoms with E-state index in [1.165, 1.54) is 13.0 Å². The first kappa shape index (κ1) is 21.9. The number of benzene rings is 2. The van der Waals surface area contributed by atoms with Crippen molar-refractivity contribution >= 4 is 50.6 Å². The highest BCUT2D eigenvalue weighted by molar-refractivity contribution is 9.10. The zero-order chi connectivity index (χ0) is 22.7. The van der Waals surface area contributed by atoms with Crippen LogP contribution in [0.1, 0.15) is 18.4 Å². The number of ether oxygens (including phenoxy) is 1. The Labute approximate surface area is 193 Å². The van der Waals surface area contributed by atoms with E-state index >= 15 is 0 Å². The highest BCUT2D eigenvalue weighted by atomic mass is 79.9. The molecule has 0 saturated carbocycles. The lowest BCUT2D eigenvalue weighted by Gasteiger charge is -2.16. The quantitative estimate of drug-likeness (QED) is 0.479. The van der Waals surface area contributed by atoms with Crippen molar-refractivity contribution in [1.82, 2.24) is 20.3 Å². The molecular weight excluding hydrogens is 479 g/mol. The lowest BCUT2D eigenvalue weighted by Crippen LogP contribution is -2.25. The number of carbonyl (C=O) groups is 1. The Bertz CT molecular complexity index is 1190. The predicted octanol–water partition coefficient (Wildman–Crippen LogP) is 3.80. The maximum atomic E-state index is 14.3.